The lowest BCUT2D eigenvalue weighted by Crippen LogP contribution is -2.46. The lowest BCUT2D eigenvalue weighted by Gasteiger charge is -2.37. The molecule has 0 radical (unpaired) electrons. The van der Waals surface area contributed by atoms with Crippen LogP contribution in [0.1, 0.15) is 24.4 Å². The van der Waals surface area contributed by atoms with Crippen molar-refractivity contribution in [2.24, 2.45) is 5.92 Å². The third-order valence-corrected chi connectivity index (χ3v) is 4.70. The molecular formula is C17H27ClN2O2. The number of ether oxygens (including phenoxy) is 2. The van der Waals surface area contributed by atoms with Gasteiger partial charge in [-0.15, -0.1) is 12.4 Å². The third-order valence-electron chi connectivity index (χ3n) is 4.70. The predicted octanol–water partition coefficient (Wildman–Crippen LogP) is 2.49. The van der Waals surface area contributed by atoms with Gasteiger partial charge in [0.25, 0.3) is 0 Å². The summed E-state index contributed by atoms with van der Waals surface area (Å²) in [5.41, 5.74) is 1.30. The van der Waals surface area contributed by atoms with Crippen LogP contribution in [0.25, 0.3) is 0 Å². The molecule has 1 aromatic carbocycles. The Morgan fingerprint density at radius 2 is 2.23 bits per heavy atom. The van der Waals surface area contributed by atoms with Crippen molar-refractivity contribution < 1.29 is 9.47 Å². The minimum absolute atomic E-state index is 0. The van der Waals surface area contributed by atoms with E-state index in [1.807, 2.05) is 6.07 Å². The summed E-state index contributed by atoms with van der Waals surface area (Å²) in [6, 6.07) is 8.82. The van der Waals surface area contributed by atoms with Crippen molar-refractivity contribution >= 4 is 12.4 Å². The molecule has 2 heterocycles. The quantitative estimate of drug-likeness (QED) is 0.901. The van der Waals surface area contributed by atoms with Crippen molar-refractivity contribution in [1.82, 2.24) is 10.2 Å². The highest BCUT2D eigenvalue weighted by Crippen LogP contribution is 2.30. The van der Waals surface area contributed by atoms with Crippen LogP contribution in [0.3, 0.4) is 0 Å². The maximum absolute atomic E-state index is 5.55. The van der Waals surface area contributed by atoms with E-state index < -0.39 is 0 Å². The highest BCUT2D eigenvalue weighted by Gasteiger charge is 2.27. The van der Waals surface area contributed by atoms with E-state index in [2.05, 4.69) is 28.4 Å². The molecule has 124 valence electrons. The number of piperazine rings is 1. The Balaban J connectivity index is 0.00000176. The van der Waals surface area contributed by atoms with Crippen LogP contribution in [0.15, 0.2) is 24.3 Å². The van der Waals surface area contributed by atoms with E-state index in [0.29, 0.717) is 6.04 Å². The van der Waals surface area contributed by atoms with Gasteiger partial charge in [-0.25, -0.2) is 0 Å². The number of halogens is 1. The van der Waals surface area contributed by atoms with Crippen LogP contribution < -0.4 is 10.1 Å². The summed E-state index contributed by atoms with van der Waals surface area (Å²) < 4.78 is 11.0. The summed E-state index contributed by atoms with van der Waals surface area (Å²) in [4.78, 5) is 2.60. The molecule has 22 heavy (non-hydrogen) atoms. The second kappa shape index (κ2) is 8.73. The molecule has 1 N–H and O–H groups in total. The first kappa shape index (κ1) is 17.5. The monoisotopic (exact) mass is 326 g/mol. The van der Waals surface area contributed by atoms with Gasteiger partial charge in [0.15, 0.2) is 0 Å². The summed E-state index contributed by atoms with van der Waals surface area (Å²) in [5.74, 6) is 1.75. The predicted molar refractivity (Wildman–Crippen MR) is 91.0 cm³/mol. The summed E-state index contributed by atoms with van der Waals surface area (Å²) >= 11 is 0. The Morgan fingerprint density at radius 3 is 3.00 bits per heavy atom. The first-order valence-electron chi connectivity index (χ1n) is 8.04. The molecule has 2 atom stereocenters. The molecule has 2 aliphatic rings. The van der Waals surface area contributed by atoms with E-state index in [1.165, 1.54) is 18.4 Å². The third kappa shape index (κ3) is 4.13. The van der Waals surface area contributed by atoms with Gasteiger partial charge in [0.2, 0.25) is 0 Å². The van der Waals surface area contributed by atoms with Crippen molar-refractivity contribution in [3.05, 3.63) is 29.8 Å². The maximum atomic E-state index is 5.55. The van der Waals surface area contributed by atoms with Crippen LogP contribution >= 0.6 is 12.4 Å². The molecule has 2 unspecified atom stereocenters. The summed E-state index contributed by atoms with van der Waals surface area (Å²) in [5, 5.41) is 3.52. The molecule has 2 aliphatic heterocycles. The Hall–Kier alpha value is -0.810. The van der Waals surface area contributed by atoms with Crippen LogP contribution in [0.2, 0.25) is 0 Å². The lowest BCUT2D eigenvalue weighted by atomic mass is 9.99. The zero-order valence-electron chi connectivity index (χ0n) is 13.3. The van der Waals surface area contributed by atoms with Gasteiger partial charge < -0.3 is 14.8 Å². The molecule has 0 bridgehead atoms. The normalized spacial score (nSPS) is 25.7. The van der Waals surface area contributed by atoms with Crippen LogP contribution in [0.5, 0.6) is 5.75 Å². The molecule has 0 saturated carbocycles. The minimum Gasteiger partial charge on any atom is -0.496 e. The summed E-state index contributed by atoms with van der Waals surface area (Å²) in [7, 11) is 1.76. The highest BCUT2D eigenvalue weighted by atomic mass is 35.5. The summed E-state index contributed by atoms with van der Waals surface area (Å²) in [6.07, 6.45) is 2.47. The van der Waals surface area contributed by atoms with Gasteiger partial charge in [-0.1, -0.05) is 18.2 Å². The zero-order chi connectivity index (χ0) is 14.5. The number of hydrogen-bond acceptors (Lipinski definition) is 4. The number of nitrogens with one attached hydrogen (secondary N) is 1. The van der Waals surface area contributed by atoms with Gasteiger partial charge in [-0.2, -0.15) is 0 Å². The molecule has 5 heteroatoms. The van der Waals surface area contributed by atoms with Crippen molar-refractivity contribution in [2.45, 2.75) is 18.9 Å². The van der Waals surface area contributed by atoms with Gasteiger partial charge >= 0.3 is 0 Å². The SMILES string of the molecule is COc1ccccc1C1CNCCN1CCC1CCOC1.Cl. The molecule has 0 aliphatic carbocycles. The van der Waals surface area contributed by atoms with E-state index in [-0.39, 0.29) is 12.4 Å². The number of nitrogens with zero attached hydrogens (tertiary/aromatic N) is 1. The molecular weight excluding hydrogens is 300 g/mol. The average molecular weight is 327 g/mol. The van der Waals surface area contributed by atoms with E-state index in [1.54, 1.807) is 7.11 Å². The lowest BCUT2D eigenvalue weighted by molar-refractivity contribution is 0.141. The standard InChI is InChI=1S/C17H26N2O2.ClH/c1-20-17-5-3-2-4-15(17)16-12-18-8-10-19(16)9-6-14-7-11-21-13-14;/h2-5,14,16,18H,6-13H2,1H3;1H. The topological polar surface area (TPSA) is 33.7 Å². The fourth-order valence-corrected chi connectivity index (χ4v) is 3.42. The highest BCUT2D eigenvalue weighted by molar-refractivity contribution is 5.85. The van der Waals surface area contributed by atoms with Crippen LogP contribution in [0, 0.1) is 5.92 Å². The number of benzene rings is 1. The van der Waals surface area contributed by atoms with E-state index in [9.17, 15) is 0 Å². The van der Waals surface area contributed by atoms with Crippen molar-refractivity contribution in [2.75, 3.05) is 46.5 Å². The Kier molecular flexibility index (Phi) is 6.96. The molecule has 0 amide bonds. The van der Waals surface area contributed by atoms with Gasteiger partial charge in [0.05, 0.1) is 13.2 Å². The van der Waals surface area contributed by atoms with Gasteiger partial charge in [-0.3, -0.25) is 4.90 Å². The first-order valence-corrected chi connectivity index (χ1v) is 8.04. The Morgan fingerprint density at radius 1 is 1.36 bits per heavy atom. The second-order valence-corrected chi connectivity index (χ2v) is 6.02. The van der Waals surface area contributed by atoms with Gasteiger partial charge in [0.1, 0.15) is 5.75 Å². The first-order chi connectivity index (χ1) is 10.4. The van der Waals surface area contributed by atoms with Crippen LogP contribution in [0.4, 0.5) is 0 Å². The van der Waals surface area contributed by atoms with Gasteiger partial charge in [-0.05, 0) is 31.4 Å². The van der Waals surface area contributed by atoms with Crippen molar-refractivity contribution in [3.8, 4) is 5.75 Å². The number of hydrogen-bond donors (Lipinski definition) is 1. The number of rotatable bonds is 5. The molecule has 3 rings (SSSR count). The van der Waals surface area contributed by atoms with Crippen LogP contribution in [-0.4, -0.2) is 51.4 Å². The van der Waals surface area contributed by atoms with E-state index in [0.717, 1.165) is 51.1 Å². The van der Waals surface area contributed by atoms with Gasteiger partial charge in [0, 0.05) is 38.4 Å². The fraction of sp³-hybridized carbons (Fsp3) is 0.647. The fourth-order valence-electron chi connectivity index (χ4n) is 3.42. The number of para-hydroxylation sites is 1. The van der Waals surface area contributed by atoms with E-state index in [4.69, 9.17) is 9.47 Å². The summed E-state index contributed by atoms with van der Waals surface area (Å²) in [6.45, 7) is 6.23. The molecule has 0 spiro atoms. The second-order valence-electron chi connectivity index (χ2n) is 6.02. The van der Waals surface area contributed by atoms with E-state index >= 15 is 0 Å². The molecule has 1 aromatic rings. The Labute approximate surface area is 139 Å². The van der Waals surface area contributed by atoms with Crippen molar-refractivity contribution in [1.29, 1.82) is 0 Å². The molecule has 4 nitrogen and oxygen atoms in total. The zero-order valence-corrected chi connectivity index (χ0v) is 14.1. The minimum atomic E-state index is 0. The molecule has 0 aromatic heterocycles. The largest absolute Gasteiger partial charge is 0.496 e. The molecule has 2 saturated heterocycles. The maximum Gasteiger partial charge on any atom is 0.123 e. The average Bonchev–Trinajstić information content (AvgIpc) is 3.06. The molecule has 2 fully saturated rings. The number of methoxy groups -OCH3 is 1. The van der Waals surface area contributed by atoms with Crippen molar-refractivity contribution in [3.63, 3.8) is 0 Å². The Bertz CT molecular complexity index is 452. The smallest absolute Gasteiger partial charge is 0.123 e. The van der Waals surface area contributed by atoms with Crippen LogP contribution in [-0.2, 0) is 4.74 Å².